The van der Waals surface area contributed by atoms with Crippen molar-refractivity contribution in [3.8, 4) is 28.7 Å². The van der Waals surface area contributed by atoms with Crippen molar-refractivity contribution in [2.75, 3.05) is 0 Å². The molecule has 0 amide bonds. The monoisotopic (exact) mass is 667 g/mol. The number of fused-ring (bicyclic) bond motifs is 14. The molecule has 244 valence electrons. The van der Waals surface area contributed by atoms with E-state index in [1.165, 1.54) is 42.9 Å². The number of H-pyrrole nitrogens is 3. The summed E-state index contributed by atoms with van der Waals surface area (Å²) in [5.74, 6) is 1.92. The minimum absolute atomic E-state index is 0.616. The van der Waals surface area contributed by atoms with Gasteiger partial charge in [0.15, 0.2) is 11.6 Å². The number of nitrogens with one attached hydrogen (secondary N) is 3. The van der Waals surface area contributed by atoms with Crippen molar-refractivity contribution in [1.82, 2.24) is 34.5 Å². The van der Waals surface area contributed by atoms with Crippen LogP contribution in [0.1, 0.15) is 12.8 Å². The first-order valence-corrected chi connectivity index (χ1v) is 17.8. The Morgan fingerprint density at radius 2 is 0.981 bits per heavy atom. The molecular formula is C45H29N7. The summed E-state index contributed by atoms with van der Waals surface area (Å²) in [5.41, 5.74) is 9.78. The maximum absolute atomic E-state index is 5.16. The second kappa shape index (κ2) is 10.3. The maximum Gasteiger partial charge on any atom is 0.238 e. The molecule has 0 bridgehead atoms. The van der Waals surface area contributed by atoms with Crippen LogP contribution in [-0.2, 0) is 0 Å². The molecule has 0 aliphatic heterocycles. The predicted molar refractivity (Wildman–Crippen MR) is 213 cm³/mol. The lowest BCUT2D eigenvalue weighted by molar-refractivity contribution is 0.902. The Kier molecular flexibility index (Phi) is 5.49. The predicted octanol–water partition coefficient (Wildman–Crippen LogP) is 9.41. The van der Waals surface area contributed by atoms with E-state index in [2.05, 4.69) is 117 Å². The second-order valence-electron chi connectivity index (χ2n) is 13.8. The van der Waals surface area contributed by atoms with Gasteiger partial charge in [-0.05, 0) is 55.3 Å². The molecule has 11 aromatic rings. The smallest absolute Gasteiger partial charge is 0.238 e. The first kappa shape index (κ1) is 27.8. The minimum Gasteiger partial charge on any atom is -0.354 e. The lowest BCUT2D eigenvalue weighted by Crippen LogP contribution is -2.31. The molecule has 6 aromatic carbocycles. The van der Waals surface area contributed by atoms with Crippen LogP contribution in [0.3, 0.4) is 0 Å². The van der Waals surface area contributed by atoms with E-state index in [1.54, 1.807) is 0 Å². The van der Waals surface area contributed by atoms with Crippen LogP contribution in [0, 0.1) is 0 Å². The van der Waals surface area contributed by atoms with Gasteiger partial charge < -0.3 is 15.0 Å². The molecule has 5 aromatic heterocycles. The van der Waals surface area contributed by atoms with Crippen molar-refractivity contribution in [3.05, 3.63) is 132 Å². The number of rotatable bonds is 3. The Morgan fingerprint density at radius 1 is 0.442 bits per heavy atom. The van der Waals surface area contributed by atoms with Crippen molar-refractivity contribution in [1.29, 1.82) is 0 Å². The van der Waals surface area contributed by atoms with Crippen LogP contribution < -0.4 is 10.6 Å². The molecule has 0 saturated carbocycles. The van der Waals surface area contributed by atoms with E-state index < -0.39 is 0 Å². The zero-order chi connectivity index (χ0) is 33.9. The molecule has 5 heterocycles. The molecule has 0 saturated heterocycles. The highest BCUT2D eigenvalue weighted by Gasteiger charge is 2.21. The molecule has 0 radical (unpaired) electrons. The molecular weight excluding hydrogens is 639 g/mol. The van der Waals surface area contributed by atoms with Gasteiger partial charge in [0.2, 0.25) is 5.95 Å². The zero-order valence-corrected chi connectivity index (χ0v) is 27.9. The molecule has 7 heteroatoms. The summed E-state index contributed by atoms with van der Waals surface area (Å²) in [5, 5.41) is 10.9. The van der Waals surface area contributed by atoms with Gasteiger partial charge in [-0.15, -0.1) is 0 Å². The Bertz CT molecular complexity index is 3340. The molecule has 0 unspecified atom stereocenters. The van der Waals surface area contributed by atoms with Crippen LogP contribution in [0.4, 0.5) is 0 Å². The highest BCUT2D eigenvalue weighted by Crippen LogP contribution is 2.40. The fourth-order valence-electron chi connectivity index (χ4n) is 8.62. The van der Waals surface area contributed by atoms with Gasteiger partial charge in [0.05, 0.1) is 10.9 Å². The van der Waals surface area contributed by atoms with E-state index in [0.29, 0.717) is 17.6 Å². The number of nitrogens with zero attached hydrogens (tertiary/aromatic N) is 4. The average molecular weight is 668 g/mol. The second-order valence-corrected chi connectivity index (χ2v) is 13.8. The van der Waals surface area contributed by atoms with E-state index in [4.69, 9.17) is 15.0 Å². The van der Waals surface area contributed by atoms with Crippen LogP contribution in [0.25, 0.3) is 117 Å². The SMILES string of the molecule is C1=c2c(n(-c3nc(-c4ccccc4)nc(-c4ccccc4)n3)c3ccc4[nH]c5cc6c(cc5c4c23)[nH]c2ccc3[nH]c4ccccc4c3c26)=CCC1. The summed E-state index contributed by atoms with van der Waals surface area (Å²) in [7, 11) is 0. The standard InChI is InChI=1S/C45H29N7/c1-3-11-25(12-4-1)43-49-44(26-13-5-2-6-14-26)51-45(50-43)52-37-18-10-8-16-28(37)42-38(52)22-21-34-41(42)30-24-35-29(23-36(30)48-34)40-33(47-35)20-19-32-39(40)27-15-7-9-17-31(27)46-32/h1-7,9,11-24,46-48H,8,10H2. The minimum atomic E-state index is 0.616. The van der Waals surface area contributed by atoms with Crippen LogP contribution in [0.2, 0.25) is 0 Å². The van der Waals surface area contributed by atoms with Crippen molar-refractivity contribution >= 4 is 88.5 Å². The van der Waals surface area contributed by atoms with Gasteiger partial charge in [-0.1, -0.05) is 91.0 Å². The van der Waals surface area contributed by atoms with Crippen molar-refractivity contribution in [2.24, 2.45) is 0 Å². The van der Waals surface area contributed by atoms with Gasteiger partial charge in [0.1, 0.15) is 0 Å². The van der Waals surface area contributed by atoms with E-state index in [9.17, 15) is 0 Å². The highest BCUT2D eigenvalue weighted by atomic mass is 15.2. The largest absolute Gasteiger partial charge is 0.354 e. The third-order valence-electron chi connectivity index (χ3n) is 10.9. The normalized spacial score (nSPS) is 13.2. The van der Waals surface area contributed by atoms with Gasteiger partial charge >= 0.3 is 0 Å². The third-order valence-corrected chi connectivity index (χ3v) is 10.9. The molecule has 3 N–H and O–H groups in total. The average Bonchev–Trinajstić information content (AvgIpc) is 3.95. The molecule has 0 atom stereocenters. The quantitative estimate of drug-likeness (QED) is 0.175. The summed E-state index contributed by atoms with van der Waals surface area (Å²) in [4.78, 5) is 26.5. The fourth-order valence-corrected chi connectivity index (χ4v) is 8.62. The summed E-state index contributed by atoms with van der Waals surface area (Å²) in [6.07, 6.45) is 6.67. The molecule has 1 aliphatic carbocycles. The van der Waals surface area contributed by atoms with E-state index in [0.717, 1.165) is 67.9 Å². The highest BCUT2D eigenvalue weighted by molar-refractivity contribution is 6.30. The Balaban J connectivity index is 1.16. The van der Waals surface area contributed by atoms with Gasteiger partial charge in [-0.2, -0.15) is 9.97 Å². The van der Waals surface area contributed by atoms with Crippen molar-refractivity contribution < 1.29 is 0 Å². The van der Waals surface area contributed by atoms with E-state index >= 15 is 0 Å². The zero-order valence-electron chi connectivity index (χ0n) is 27.9. The van der Waals surface area contributed by atoms with Gasteiger partial charge in [0.25, 0.3) is 0 Å². The van der Waals surface area contributed by atoms with Gasteiger partial charge in [0, 0.05) is 87.1 Å². The van der Waals surface area contributed by atoms with Gasteiger partial charge in [-0.3, -0.25) is 4.57 Å². The first-order chi connectivity index (χ1) is 25.8. The Morgan fingerprint density at radius 3 is 1.65 bits per heavy atom. The molecule has 1 aliphatic rings. The lowest BCUT2D eigenvalue weighted by Gasteiger charge is -2.10. The number of aromatic amines is 3. The Labute approximate surface area is 295 Å². The molecule has 0 fully saturated rings. The third kappa shape index (κ3) is 3.82. The molecule has 12 rings (SSSR count). The number of para-hydroxylation sites is 1. The van der Waals surface area contributed by atoms with Crippen LogP contribution in [-0.4, -0.2) is 34.5 Å². The van der Waals surface area contributed by atoms with Crippen molar-refractivity contribution in [3.63, 3.8) is 0 Å². The van der Waals surface area contributed by atoms with E-state index in [-0.39, 0.29) is 0 Å². The van der Waals surface area contributed by atoms with Gasteiger partial charge in [-0.25, -0.2) is 4.98 Å². The fraction of sp³-hybridized carbons (Fsp3) is 0.0444. The van der Waals surface area contributed by atoms with Crippen molar-refractivity contribution in [2.45, 2.75) is 12.8 Å². The summed E-state index contributed by atoms with van der Waals surface area (Å²) in [6, 6.07) is 42.4. The van der Waals surface area contributed by atoms with Crippen LogP contribution in [0.15, 0.2) is 121 Å². The number of hydrogen-bond donors (Lipinski definition) is 3. The topological polar surface area (TPSA) is 91.0 Å². The summed E-state index contributed by atoms with van der Waals surface area (Å²) >= 11 is 0. The maximum atomic E-state index is 5.16. The Hall–Kier alpha value is -6.99. The summed E-state index contributed by atoms with van der Waals surface area (Å²) in [6.45, 7) is 0. The number of hydrogen-bond acceptors (Lipinski definition) is 3. The lowest BCUT2D eigenvalue weighted by atomic mass is 10.0. The molecule has 7 nitrogen and oxygen atoms in total. The number of aromatic nitrogens is 7. The molecule has 52 heavy (non-hydrogen) atoms. The van der Waals surface area contributed by atoms with E-state index in [1.807, 2.05) is 36.4 Å². The molecule has 0 spiro atoms. The first-order valence-electron chi connectivity index (χ1n) is 17.8. The van der Waals surface area contributed by atoms with Crippen LogP contribution >= 0.6 is 0 Å². The number of benzene rings is 6. The summed E-state index contributed by atoms with van der Waals surface area (Å²) < 4.78 is 2.24. The van der Waals surface area contributed by atoms with Crippen LogP contribution in [0.5, 0.6) is 0 Å².